The van der Waals surface area contributed by atoms with Crippen molar-refractivity contribution in [3.63, 3.8) is 0 Å². The van der Waals surface area contributed by atoms with Gasteiger partial charge in [0.05, 0.1) is 22.4 Å². The van der Waals surface area contributed by atoms with E-state index in [1.54, 1.807) is 12.1 Å². The molecule has 0 radical (unpaired) electrons. The van der Waals surface area contributed by atoms with Gasteiger partial charge >= 0.3 is 0 Å². The van der Waals surface area contributed by atoms with Crippen LogP contribution in [-0.2, 0) is 21.3 Å². The molecule has 0 spiro atoms. The molecule has 170 valence electrons. The number of carbonyl (C=O) groups excluding carboxylic acids is 1. The van der Waals surface area contributed by atoms with Crippen LogP contribution in [0.4, 0.5) is 0 Å². The van der Waals surface area contributed by atoms with Crippen LogP contribution in [0.2, 0.25) is 10.0 Å². The molecule has 2 atom stereocenters. The number of hydrogen-bond donors (Lipinski definition) is 0. The van der Waals surface area contributed by atoms with Crippen LogP contribution in [0.1, 0.15) is 38.3 Å². The van der Waals surface area contributed by atoms with Gasteiger partial charge in [0.15, 0.2) is 17.6 Å². The topological polar surface area (TPSA) is 75.7 Å². The molecule has 0 fully saturated rings. The van der Waals surface area contributed by atoms with Crippen LogP contribution in [0.15, 0.2) is 36.4 Å². The zero-order valence-electron chi connectivity index (χ0n) is 17.5. The lowest BCUT2D eigenvalue weighted by atomic mass is 9.78. The minimum Gasteiger partial charge on any atom is -0.772 e. The highest BCUT2D eigenvalue weighted by Gasteiger charge is 2.26. The van der Waals surface area contributed by atoms with Crippen LogP contribution in [-0.4, -0.2) is 38.9 Å². The smallest absolute Gasteiger partial charge is 0.171 e. The fraction of sp³-hybridized carbons (Fsp3) is 0.409. The van der Waals surface area contributed by atoms with Gasteiger partial charge in [-0.15, -0.1) is 11.6 Å². The number of hydrogen-bond acceptors (Lipinski definition) is 5. The number of benzene rings is 2. The molecule has 2 aromatic rings. The molecule has 0 aliphatic heterocycles. The maximum atomic E-state index is 11.6. The average molecular weight is 507 g/mol. The van der Waals surface area contributed by atoms with Crippen LogP contribution < -0.4 is 9.47 Å². The Morgan fingerprint density at radius 1 is 1.13 bits per heavy atom. The van der Waals surface area contributed by atoms with E-state index < -0.39 is 22.6 Å². The summed E-state index contributed by atoms with van der Waals surface area (Å²) in [6.07, 6.45) is -0.355. The summed E-state index contributed by atoms with van der Waals surface area (Å²) >= 11 is 16.1. The second kappa shape index (κ2) is 11.5. The van der Waals surface area contributed by atoms with Gasteiger partial charge in [0.2, 0.25) is 0 Å². The van der Waals surface area contributed by atoms with E-state index in [0.29, 0.717) is 40.5 Å². The maximum absolute atomic E-state index is 11.6. The highest BCUT2D eigenvalue weighted by molar-refractivity contribution is 7.79. The second-order valence-electron chi connectivity index (χ2n) is 7.50. The number of ketones is 1. The van der Waals surface area contributed by atoms with Crippen LogP contribution in [0.25, 0.3) is 0 Å². The summed E-state index contributed by atoms with van der Waals surface area (Å²) in [7, 11) is 0. The Bertz CT molecular complexity index is 908. The Morgan fingerprint density at radius 3 is 2.19 bits per heavy atom. The van der Waals surface area contributed by atoms with Crippen molar-refractivity contribution in [2.24, 2.45) is 0 Å². The van der Waals surface area contributed by atoms with Crippen molar-refractivity contribution >= 4 is 51.7 Å². The van der Waals surface area contributed by atoms with E-state index in [2.05, 4.69) is 0 Å². The summed E-state index contributed by atoms with van der Waals surface area (Å²) in [5.41, 5.74) is 1.40. The van der Waals surface area contributed by atoms with Crippen LogP contribution in [0.5, 0.6) is 11.5 Å². The van der Waals surface area contributed by atoms with Crippen molar-refractivity contribution in [2.75, 3.05) is 18.2 Å². The Morgan fingerprint density at radius 2 is 1.71 bits per heavy atom. The van der Waals surface area contributed by atoms with Crippen molar-refractivity contribution in [2.45, 2.75) is 38.7 Å². The van der Waals surface area contributed by atoms with E-state index in [1.165, 1.54) is 6.92 Å². The van der Waals surface area contributed by atoms with Crippen molar-refractivity contribution in [3.8, 4) is 11.5 Å². The summed E-state index contributed by atoms with van der Waals surface area (Å²) in [6, 6.07) is 10.8. The predicted molar refractivity (Wildman–Crippen MR) is 125 cm³/mol. The molecule has 0 N–H and O–H groups in total. The lowest BCUT2D eigenvalue weighted by Gasteiger charge is -2.27. The lowest BCUT2D eigenvalue weighted by Crippen LogP contribution is -2.31. The Hall–Kier alpha value is -1.31. The van der Waals surface area contributed by atoms with Gasteiger partial charge in [0.25, 0.3) is 0 Å². The number of halogens is 3. The summed E-state index contributed by atoms with van der Waals surface area (Å²) in [4.78, 5) is 11.6. The molecular formula is C22H24Cl3O5S-. The Kier molecular flexibility index (Phi) is 9.65. The van der Waals surface area contributed by atoms with Crippen molar-refractivity contribution in [3.05, 3.63) is 57.6 Å². The SMILES string of the molecule is CC(=O)[C@@H](CS(=O)[O-])Oc1ccc(C(C)(C)c2cc(Cl)c(OCCCCl)c(Cl)c2)cc1. The molecule has 0 aliphatic carbocycles. The molecule has 0 heterocycles. The molecule has 0 saturated carbocycles. The minimum atomic E-state index is -2.38. The molecule has 2 rings (SSSR count). The number of alkyl halides is 1. The predicted octanol–water partition coefficient (Wildman–Crippen LogP) is 5.54. The molecular weight excluding hydrogens is 483 g/mol. The van der Waals surface area contributed by atoms with Gasteiger partial charge < -0.3 is 14.0 Å². The van der Waals surface area contributed by atoms with E-state index in [1.807, 2.05) is 38.1 Å². The van der Waals surface area contributed by atoms with Gasteiger partial charge in [0, 0.05) is 11.3 Å². The van der Waals surface area contributed by atoms with Crippen molar-refractivity contribution < 1.29 is 23.0 Å². The van der Waals surface area contributed by atoms with Crippen LogP contribution in [0.3, 0.4) is 0 Å². The van der Waals surface area contributed by atoms with Gasteiger partial charge in [-0.1, -0.05) is 60.3 Å². The molecule has 0 aromatic heterocycles. The largest absolute Gasteiger partial charge is 0.772 e. The monoisotopic (exact) mass is 505 g/mol. The van der Waals surface area contributed by atoms with E-state index in [0.717, 1.165) is 11.1 Å². The van der Waals surface area contributed by atoms with E-state index >= 15 is 0 Å². The molecule has 31 heavy (non-hydrogen) atoms. The Balaban J connectivity index is 2.23. The minimum absolute atomic E-state index is 0.355. The number of ether oxygens (including phenoxy) is 2. The Labute approximate surface area is 200 Å². The van der Waals surface area contributed by atoms with Gasteiger partial charge in [-0.2, -0.15) is 0 Å². The van der Waals surface area contributed by atoms with E-state index in [4.69, 9.17) is 44.3 Å². The number of carbonyl (C=O) groups is 1. The summed E-state index contributed by atoms with van der Waals surface area (Å²) in [5.74, 6) is 0.583. The highest BCUT2D eigenvalue weighted by Crippen LogP contribution is 2.40. The molecule has 0 saturated heterocycles. The standard InChI is InChI=1S/C22H25Cl3O5S/c1-14(26)20(13-31(27)28)30-17-7-5-15(6-8-17)22(2,3)16-11-18(24)21(19(25)12-16)29-10-4-9-23/h5-8,11-12,20H,4,9-10,13H2,1-3H3,(H,27,28)/p-1/t20-/m1/s1. The van der Waals surface area contributed by atoms with Gasteiger partial charge in [-0.25, -0.2) is 0 Å². The first-order valence-corrected chi connectivity index (χ1v) is 12.1. The van der Waals surface area contributed by atoms with Crippen LogP contribution >= 0.6 is 34.8 Å². The van der Waals surface area contributed by atoms with Crippen LogP contribution in [0, 0.1) is 0 Å². The molecule has 1 unspecified atom stereocenters. The molecule has 0 bridgehead atoms. The first kappa shape index (κ1) is 25.9. The molecule has 2 aromatic carbocycles. The quantitative estimate of drug-likeness (QED) is 0.227. The summed E-state index contributed by atoms with van der Waals surface area (Å²) in [5, 5.41) is 0.833. The molecule has 0 amide bonds. The normalized spacial score (nSPS) is 13.5. The fourth-order valence-electron chi connectivity index (χ4n) is 2.93. The van der Waals surface area contributed by atoms with Gasteiger partial charge in [-0.05, 0) is 48.7 Å². The average Bonchev–Trinajstić information content (AvgIpc) is 2.69. The maximum Gasteiger partial charge on any atom is 0.171 e. The fourth-order valence-corrected chi connectivity index (χ4v) is 4.18. The third-order valence-corrected chi connectivity index (χ3v) is 6.24. The number of Topliss-reactive ketones (excluding diaryl/α,β-unsaturated/α-hetero) is 1. The lowest BCUT2D eigenvalue weighted by molar-refractivity contribution is -0.122. The zero-order chi connectivity index (χ0) is 23.2. The third-order valence-electron chi connectivity index (χ3n) is 4.84. The second-order valence-corrected chi connectivity index (χ2v) is 9.63. The molecule has 9 heteroatoms. The molecule has 0 aliphatic rings. The molecule has 5 nitrogen and oxygen atoms in total. The summed E-state index contributed by atoms with van der Waals surface area (Å²) in [6.45, 7) is 5.77. The van der Waals surface area contributed by atoms with Gasteiger partial charge in [-0.3, -0.25) is 9.00 Å². The van der Waals surface area contributed by atoms with Gasteiger partial charge in [0.1, 0.15) is 5.75 Å². The van der Waals surface area contributed by atoms with E-state index in [-0.39, 0.29) is 11.5 Å². The number of rotatable bonds is 11. The van der Waals surface area contributed by atoms with Crippen molar-refractivity contribution in [1.29, 1.82) is 0 Å². The first-order chi connectivity index (χ1) is 14.6. The summed E-state index contributed by atoms with van der Waals surface area (Å²) < 4.78 is 33.1. The van der Waals surface area contributed by atoms with Crippen molar-refractivity contribution in [1.82, 2.24) is 0 Å². The third kappa shape index (κ3) is 7.09. The first-order valence-electron chi connectivity index (χ1n) is 9.58. The highest BCUT2D eigenvalue weighted by atomic mass is 35.5. The van der Waals surface area contributed by atoms with E-state index in [9.17, 15) is 13.6 Å². The zero-order valence-corrected chi connectivity index (χ0v) is 20.5.